The summed E-state index contributed by atoms with van der Waals surface area (Å²) in [5, 5.41) is 3.32. The second-order valence-corrected chi connectivity index (χ2v) is 5.96. The largest absolute Gasteiger partial charge is 0.445 e. The van der Waals surface area contributed by atoms with Crippen LogP contribution in [0.1, 0.15) is 17.5 Å². The SMILES string of the molecule is O=C(NCCC#Cc1ccc(Cl)cc1Br)OCc1ccccc1. The number of rotatable bonds is 4. The highest BCUT2D eigenvalue weighted by molar-refractivity contribution is 9.10. The lowest BCUT2D eigenvalue weighted by molar-refractivity contribution is 0.140. The van der Waals surface area contributed by atoms with E-state index in [1.165, 1.54) is 0 Å². The molecule has 0 saturated heterocycles. The molecule has 2 aromatic carbocycles. The van der Waals surface area contributed by atoms with Gasteiger partial charge in [0, 0.05) is 28.0 Å². The van der Waals surface area contributed by atoms with E-state index in [1.807, 2.05) is 36.4 Å². The van der Waals surface area contributed by atoms with E-state index in [4.69, 9.17) is 16.3 Å². The summed E-state index contributed by atoms with van der Waals surface area (Å²) in [4.78, 5) is 11.5. The van der Waals surface area contributed by atoms with E-state index in [0.29, 0.717) is 18.0 Å². The molecule has 0 aliphatic rings. The Hall–Kier alpha value is -1.96. The molecule has 0 fully saturated rings. The fourth-order valence-corrected chi connectivity index (χ4v) is 2.53. The highest BCUT2D eigenvalue weighted by Gasteiger charge is 2.01. The zero-order valence-electron chi connectivity index (χ0n) is 12.3. The van der Waals surface area contributed by atoms with Crippen LogP contribution in [0.25, 0.3) is 0 Å². The number of halogens is 2. The Labute approximate surface area is 149 Å². The lowest BCUT2D eigenvalue weighted by Gasteiger charge is -2.05. The summed E-state index contributed by atoms with van der Waals surface area (Å²) in [5.41, 5.74) is 1.82. The summed E-state index contributed by atoms with van der Waals surface area (Å²) >= 11 is 9.28. The fourth-order valence-electron chi connectivity index (χ4n) is 1.75. The van der Waals surface area contributed by atoms with Crippen molar-refractivity contribution in [3.8, 4) is 11.8 Å². The number of alkyl carbamates (subject to hydrolysis) is 1. The third-order valence-corrected chi connectivity index (χ3v) is 3.78. The lowest BCUT2D eigenvalue weighted by Crippen LogP contribution is -2.24. The minimum absolute atomic E-state index is 0.260. The zero-order chi connectivity index (χ0) is 16.5. The molecule has 0 aliphatic heterocycles. The first-order valence-electron chi connectivity index (χ1n) is 7.03. The van der Waals surface area contributed by atoms with Crippen LogP contribution in [0.3, 0.4) is 0 Å². The average Bonchev–Trinajstić information content (AvgIpc) is 2.55. The van der Waals surface area contributed by atoms with Crippen LogP contribution in [0.15, 0.2) is 53.0 Å². The van der Waals surface area contributed by atoms with E-state index in [-0.39, 0.29) is 6.61 Å². The van der Waals surface area contributed by atoms with Crippen LogP contribution in [0.4, 0.5) is 4.79 Å². The topological polar surface area (TPSA) is 38.3 Å². The Balaban J connectivity index is 1.69. The summed E-state index contributed by atoms with van der Waals surface area (Å²) in [6.45, 7) is 0.696. The molecule has 23 heavy (non-hydrogen) atoms. The fraction of sp³-hybridized carbons (Fsp3) is 0.167. The summed E-state index contributed by atoms with van der Waals surface area (Å²) in [6.07, 6.45) is 0.0958. The van der Waals surface area contributed by atoms with E-state index < -0.39 is 6.09 Å². The molecule has 0 aliphatic carbocycles. The molecule has 0 spiro atoms. The Bertz CT molecular complexity index is 723. The van der Waals surface area contributed by atoms with Crippen LogP contribution in [0.5, 0.6) is 0 Å². The highest BCUT2D eigenvalue weighted by atomic mass is 79.9. The van der Waals surface area contributed by atoms with Crippen molar-refractivity contribution in [1.29, 1.82) is 0 Å². The number of hydrogen-bond acceptors (Lipinski definition) is 2. The number of ether oxygens (including phenoxy) is 1. The van der Waals surface area contributed by atoms with Gasteiger partial charge in [0.05, 0.1) is 0 Å². The molecule has 118 valence electrons. The number of carbonyl (C=O) groups is 1. The third kappa shape index (κ3) is 6.35. The van der Waals surface area contributed by atoms with E-state index >= 15 is 0 Å². The smallest absolute Gasteiger partial charge is 0.407 e. The summed E-state index contributed by atoms with van der Waals surface area (Å²) in [5.74, 6) is 6.02. The Morgan fingerprint density at radius 2 is 2.00 bits per heavy atom. The molecular weight excluding hydrogens is 378 g/mol. The lowest BCUT2D eigenvalue weighted by atomic mass is 10.2. The summed E-state index contributed by atoms with van der Waals surface area (Å²) in [6, 6.07) is 15.0. The van der Waals surface area contributed by atoms with Gasteiger partial charge >= 0.3 is 6.09 Å². The standard InChI is InChI=1S/C18H15BrClNO2/c19-17-12-16(20)10-9-15(17)8-4-5-11-21-18(22)23-13-14-6-2-1-3-7-14/h1-3,6-7,9-10,12H,5,11,13H2,(H,21,22). The maximum absolute atomic E-state index is 11.5. The van der Waals surface area contributed by atoms with Crippen molar-refractivity contribution < 1.29 is 9.53 Å². The van der Waals surface area contributed by atoms with Crippen LogP contribution >= 0.6 is 27.5 Å². The average molecular weight is 393 g/mol. The van der Waals surface area contributed by atoms with Gasteiger partial charge in [-0.05, 0) is 39.7 Å². The first-order chi connectivity index (χ1) is 11.1. The van der Waals surface area contributed by atoms with Crippen LogP contribution in [-0.2, 0) is 11.3 Å². The van der Waals surface area contributed by atoms with Crippen LogP contribution in [0.2, 0.25) is 5.02 Å². The summed E-state index contributed by atoms with van der Waals surface area (Å²) in [7, 11) is 0. The van der Waals surface area contributed by atoms with E-state index in [0.717, 1.165) is 15.6 Å². The minimum Gasteiger partial charge on any atom is -0.445 e. The molecule has 3 nitrogen and oxygen atoms in total. The maximum Gasteiger partial charge on any atom is 0.407 e. The van der Waals surface area contributed by atoms with Crippen LogP contribution < -0.4 is 5.32 Å². The Morgan fingerprint density at radius 1 is 1.22 bits per heavy atom. The Kier molecular flexibility index (Phi) is 6.99. The third-order valence-electron chi connectivity index (χ3n) is 2.89. The van der Waals surface area contributed by atoms with Gasteiger partial charge in [-0.3, -0.25) is 0 Å². The highest BCUT2D eigenvalue weighted by Crippen LogP contribution is 2.20. The molecule has 2 rings (SSSR count). The van der Waals surface area contributed by atoms with Crippen LogP contribution in [0, 0.1) is 11.8 Å². The molecule has 1 N–H and O–H groups in total. The van der Waals surface area contributed by atoms with Gasteiger partial charge in [0.1, 0.15) is 6.61 Å². The number of carbonyl (C=O) groups excluding carboxylic acids is 1. The molecule has 0 saturated carbocycles. The van der Waals surface area contributed by atoms with Crippen LogP contribution in [-0.4, -0.2) is 12.6 Å². The molecule has 2 aromatic rings. The van der Waals surface area contributed by atoms with E-state index in [1.54, 1.807) is 12.1 Å². The van der Waals surface area contributed by atoms with Gasteiger partial charge < -0.3 is 10.1 Å². The first-order valence-corrected chi connectivity index (χ1v) is 8.21. The van der Waals surface area contributed by atoms with Gasteiger partial charge in [0.2, 0.25) is 0 Å². The molecule has 0 radical (unpaired) electrons. The predicted molar refractivity (Wildman–Crippen MR) is 95.3 cm³/mol. The van der Waals surface area contributed by atoms with Gasteiger partial charge in [0.25, 0.3) is 0 Å². The number of amides is 1. The zero-order valence-corrected chi connectivity index (χ0v) is 14.7. The molecule has 0 heterocycles. The second kappa shape index (κ2) is 9.24. The van der Waals surface area contributed by atoms with Crippen molar-refractivity contribution in [3.63, 3.8) is 0 Å². The molecular formula is C18H15BrClNO2. The minimum atomic E-state index is -0.441. The summed E-state index contributed by atoms with van der Waals surface area (Å²) < 4.78 is 5.96. The molecule has 5 heteroatoms. The normalized spacial score (nSPS) is 9.65. The number of benzene rings is 2. The molecule has 1 amide bonds. The first kappa shape index (κ1) is 17.4. The van der Waals surface area contributed by atoms with Crippen molar-refractivity contribution in [3.05, 3.63) is 69.2 Å². The monoisotopic (exact) mass is 391 g/mol. The van der Waals surface area contributed by atoms with Crippen molar-refractivity contribution in [1.82, 2.24) is 5.32 Å². The van der Waals surface area contributed by atoms with Crippen molar-refractivity contribution in [2.45, 2.75) is 13.0 Å². The van der Waals surface area contributed by atoms with Gasteiger partial charge in [-0.25, -0.2) is 4.79 Å². The van der Waals surface area contributed by atoms with Gasteiger partial charge in [-0.1, -0.05) is 53.8 Å². The van der Waals surface area contributed by atoms with Crippen molar-refractivity contribution in [2.75, 3.05) is 6.54 Å². The number of hydrogen-bond donors (Lipinski definition) is 1. The molecule has 0 unspecified atom stereocenters. The van der Waals surface area contributed by atoms with Crippen molar-refractivity contribution in [2.24, 2.45) is 0 Å². The van der Waals surface area contributed by atoms with Gasteiger partial charge in [-0.2, -0.15) is 0 Å². The molecule has 0 atom stereocenters. The Morgan fingerprint density at radius 3 is 2.74 bits per heavy atom. The second-order valence-electron chi connectivity index (χ2n) is 4.66. The maximum atomic E-state index is 11.5. The quantitative estimate of drug-likeness (QED) is 0.601. The van der Waals surface area contributed by atoms with E-state index in [9.17, 15) is 4.79 Å². The van der Waals surface area contributed by atoms with Gasteiger partial charge in [0.15, 0.2) is 0 Å². The van der Waals surface area contributed by atoms with E-state index in [2.05, 4.69) is 33.1 Å². The predicted octanol–water partition coefficient (Wildman–Crippen LogP) is 4.77. The molecule has 0 aromatic heterocycles. The molecule has 0 bridgehead atoms. The van der Waals surface area contributed by atoms with Crippen molar-refractivity contribution >= 4 is 33.6 Å². The van der Waals surface area contributed by atoms with Gasteiger partial charge in [-0.15, -0.1) is 0 Å². The number of nitrogens with one attached hydrogen (secondary N) is 1.